The van der Waals surface area contributed by atoms with Gasteiger partial charge in [-0.2, -0.15) is 0 Å². The molecule has 0 amide bonds. The van der Waals surface area contributed by atoms with Gasteiger partial charge in [-0.25, -0.2) is 20.0 Å². The highest BCUT2D eigenvalue weighted by atomic mass is 16.5. The van der Waals surface area contributed by atoms with Gasteiger partial charge < -0.3 is 25.3 Å². The maximum atomic E-state index is 9.70. The molecule has 2 aromatic heterocycles. The number of morpholine rings is 1. The summed E-state index contributed by atoms with van der Waals surface area (Å²) in [5.74, 6) is 2.21. The Bertz CT molecular complexity index is 1210. The van der Waals surface area contributed by atoms with Crippen LogP contribution in [0.15, 0.2) is 18.2 Å². The minimum Gasteiger partial charge on any atom is -0.398 e. The lowest BCUT2D eigenvalue weighted by molar-refractivity contribution is -0.236. The lowest BCUT2D eigenvalue weighted by Gasteiger charge is -2.36. The monoisotopic (exact) mass is 480 g/mol. The van der Waals surface area contributed by atoms with Crippen molar-refractivity contribution >= 4 is 28.9 Å². The number of nitrogens with one attached hydrogen (secondary N) is 1. The number of fused-ring (bicyclic) bond motifs is 1. The molecule has 2 saturated heterocycles. The number of anilines is 2. The number of benzene rings is 1. The standard InChI is InChI=1S/C23H32N10O2/c1-29-19(15-31-6-8-33(9-7-31)30(2)34)26-20-22(29)27-21(16-4-3-5-18(25)17(16)14-24)28-23(20)32-10-12-35-13-11-32/h3-5,14,24,34H,6-13,15,25H2,1-2H3. The van der Waals surface area contributed by atoms with Crippen molar-refractivity contribution in [1.29, 1.82) is 5.41 Å². The predicted octanol–water partition coefficient (Wildman–Crippen LogP) is 0.800. The van der Waals surface area contributed by atoms with Crippen LogP contribution < -0.4 is 10.6 Å². The molecule has 3 aromatic rings. The average Bonchev–Trinajstić information content (AvgIpc) is 3.19. The number of piperazine rings is 1. The van der Waals surface area contributed by atoms with E-state index in [-0.39, 0.29) is 0 Å². The summed E-state index contributed by atoms with van der Waals surface area (Å²) in [5.41, 5.74) is 9.52. The summed E-state index contributed by atoms with van der Waals surface area (Å²) in [6.07, 6.45) is 1.25. The van der Waals surface area contributed by atoms with Gasteiger partial charge in [-0.15, -0.1) is 5.17 Å². The summed E-state index contributed by atoms with van der Waals surface area (Å²) in [6.45, 7) is 6.55. The zero-order chi connectivity index (χ0) is 24.5. The van der Waals surface area contributed by atoms with E-state index < -0.39 is 0 Å². The van der Waals surface area contributed by atoms with Crippen LogP contribution in [0.3, 0.4) is 0 Å². The van der Waals surface area contributed by atoms with Gasteiger partial charge in [0.15, 0.2) is 22.8 Å². The highest BCUT2D eigenvalue weighted by Gasteiger charge is 2.25. The molecule has 35 heavy (non-hydrogen) atoms. The molecule has 0 spiro atoms. The van der Waals surface area contributed by atoms with Crippen molar-refractivity contribution in [1.82, 2.24) is 34.6 Å². The van der Waals surface area contributed by atoms with Crippen LogP contribution >= 0.6 is 0 Å². The SMILES string of the molecule is CN(O)N1CCN(Cc2nc3c(N4CCOCC4)nc(-c4cccc(N)c4C=N)nc3n2C)CC1. The Morgan fingerprint density at radius 2 is 1.86 bits per heavy atom. The molecule has 5 rings (SSSR count). The van der Waals surface area contributed by atoms with Gasteiger partial charge in [-0.05, 0) is 6.07 Å². The number of hydroxylamine groups is 1. The van der Waals surface area contributed by atoms with Crippen molar-refractivity contribution in [3.8, 4) is 11.4 Å². The van der Waals surface area contributed by atoms with Crippen LogP contribution in [0.1, 0.15) is 11.4 Å². The van der Waals surface area contributed by atoms with Crippen molar-refractivity contribution in [3.05, 3.63) is 29.6 Å². The summed E-state index contributed by atoms with van der Waals surface area (Å²) in [7, 11) is 3.63. The molecule has 0 atom stereocenters. The first-order valence-corrected chi connectivity index (χ1v) is 11.8. The summed E-state index contributed by atoms with van der Waals surface area (Å²) in [6, 6.07) is 5.54. The van der Waals surface area contributed by atoms with Gasteiger partial charge in [0.2, 0.25) is 0 Å². The number of nitrogen functional groups attached to an aromatic ring is 1. The van der Waals surface area contributed by atoms with Gasteiger partial charge in [0, 0.05) is 76.4 Å². The van der Waals surface area contributed by atoms with Crippen LogP contribution in [0.25, 0.3) is 22.6 Å². The zero-order valence-electron chi connectivity index (χ0n) is 20.2. The third kappa shape index (κ3) is 4.58. The Morgan fingerprint density at radius 3 is 2.54 bits per heavy atom. The van der Waals surface area contributed by atoms with Gasteiger partial charge in [0.1, 0.15) is 5.82 Å². The van der Waals surface area contributed by atoms with Crippen molar-refractivity contribution in [2.75, 3.05) is 70.2 Å². The minimum absolute atomic E-state index is 0.521. The third-order valence-electron chi connectivity index (χ3n) is 6.75. The second-order valence-electron chi connectivity index (χ2n) is 8.90. The summed E-state index contributed by atoms with van der Waals surface area (Å²) < 4.78 is 7.60. The first-order valence-electron chi connectivity index (χ1n) is 11.8. The normalized spacial score (nSPS) is 18.0. The maximum absolute atomic E-state index is 9.70. The molecule has 12 heteroatoms. The Balaban J connectivity index is 1.55. The van der Waals surface area contributed by atoms with Crippen LogP contribution in [-0.2, 0) is 18.3 Å². The van der Waals surface area contributed by atoms with Gasteiger partial charge in [0.25, 0.3) is 0 Å². The van der Waals surface area contributed by atoms with Gasteiger partial charge in [-0.3, -0.25) is 10.1 Å². The van der Waals surface area contributed by atoms with E-state index in [0.717, 1.165) is 72.8 Å². The number of nitrogens with two attached hydrogens (primary N) is 1. The van der Waals surface area contributed by atoms with Crippen LogP contribution in [-0.4, -0.2) is 106 Å². The molecule has 0 saturated carbocycles. The van der Waals surface area contributed by atoms with E-state index in [4.69, 9.17) is 30.8 Å². The summed E-state index contributed by atoms with van der Waals surface area (Å²) in [5, 5.41) is 20.7. The molecular formula is C23H32N10O2. The number of ether oxygens (including phenoxy) is 1. The third-order valence-corrected chi connectivity index (χ3v) is 6.75. The fourth-order valence-corrected chi connectivity index (χ4v) is 4.67. The number of imidazole rings is 1. The van der Waals surface area contributed by atoms with Crippen molar-refractivity contribution in [3.63, 3.8) is 0 Å². The Morgan fingerprint density at radius 1 is 1.11 bits per heavy atom. The molecule has 4 N–H and O–H groups in total. The summed E-state index contributed by atoms with van der Waals surface area (Å²) in [4.78, 5) is 19.4. The maximum Gasteiger partial charge on any atom is 0.166 e. The van der Waals surface area contributed by atoms with Crippen molar-refractivity contribution in [2.24, 2.45) is 7.05 Å². The molecule has 12 nitrogen and oxygen atoms in total. The van der Waals surface area contributed by atoms with Gasteiger partial charge in [0.05, 0.1) is 19.8 Å². The first kappa shape index (κ1) is 23.6. The topological polar surface area (TPSA) is 136 Å². The van der Waals surface area contributed by atoms with E-state index in [1.165, 1.54) is 6.21 Å². The van der Waals surface area contributed by atoms with Crippen molar-refractivity contribution in [2.45, 2.75) is 6.54 Å². The van der Waals surface area contributed by atoms with Gasteiger partial charge >= 0.3 is 0 Å². The van der Waals surface area contributed by atoms with E-state index in [1.807, 2.05) is 28.8 Å². The lowest BCUT2D eigenvalue weighted by Crippen LogP contribution is -2.51. The smallest absolute Gasteiger partial charge is 0.166 e. The van der Waals surface area contributed by atoms with Crippen LogP contribution in [0.5, 0.6) is 0 Å². The average molecular weight is 481 g/mol. The fourth-order valence-electron chi connectivity index (χ4n) is 4.67. The van der Waals surface area contributed by atoms with Gasteiger partial charge in [-0.1, -0.05) is 12.1 Å². The van der Waals surface area contributed by atoms with Crippen LogP contribution in [0.2, 0.25) is 0 Å². The van der Waals surface area contributed by atoms with E-state index in [0.29, 0.717) is 36.8 Å². The second-order valence-corrected chi connectivity index (χ2v) is 8.90. The molecule has 2 aliphatic rings. The van der Waals surface area contributed by atoms with Crippen LogP contribution in [0, 0.1) is 5.41 Å². The molecule has 2 fully saturated rings. The number of hydrogen-bond donors (Lipinski definition) is 3. The number of nitrogens with zero attached hydrogens (tertiary/aromatic N) is 8. The highest BCUT2D eigenvalue weighted by Crippen LogP contribution is 2.31. The highest BCUT2D eigenvalue weighted by molar-refractivity contribution is 5.95. The van der Waals surface area contributed by atoms with E-state index in [9.17, 15) is 5.21 Å². The Kier molecular flexibility index (Phi) is 6.62. The van der Waals surface area contributed by atoms with Crippen LogP contribution in [0.4, 0.5) is 11.5 Å². The van der Waals surface area contributed by atoms with E-state index >= 15 is 0 Å². The number of aromatic nitrogens is 4. The van der Waals surface area contributed by atoms with E-state index in [1.54, 1.807) is 13.1 Å². The van der Waals surface area contributed by atoms with Crippen molar-refractivity contribution < 1.29 is 9.94 Å². The number of hydrogen-bond acceptors (Lipinski definition) is 11. The fraction of sp³-hybridized carbons (Fsp3) is 0.478. The lowest BCUT2D eigenvalue weighted by atomic mass is 10.1. The predicted molar refractivity (Wildman–Crippen MR) is 133 cm³/mol. The Labute approximate surface area is 204 Å². The molecule has 0 bridgehead atoms. The number of hydrazine groups is 1. The first-order chi connectivity index (χ1) is 17.0. The molecule has 0 aliphatic carbocycles. The number of rotatable bonds is 6. The second kappa shape index (κ2) is 9.84. The molecule has 4 heterocycles. The summed E-state index contributed by atoms with van der Waals surface area (Å²) >= 11 is 0. The molecule has 0 radical (unpaired) electrons. The molecule has 2 aliphatic heterocycles. The molecule has 1 aromatic carbocycles. The zero-order valence-corrected chi connectivity index (χ0v) is 20.2. The minimum atomic E-state index is 0.521. The molecular weight excluding hydrogens is 448 g/mol. The number of aryl methyl sites for hydroxylation is 1. The quantitative estimate of drug-likeness (QED) is 0.264. The van der Waals surface area contributed by atoms with E-state index in [2.05, 4.69) is 9.80 Å². The largest absolute Gasteiger partial charge is 0.398 e. The molecule has 0 unspecified atom stereocenters. The Hall–Kier alpha value is -3.16. The molecule has 186 valence electrons.